The SMILES string of the molecule is CCC(CC)(CO)CCOC(C)C. The van der Waals surface area contributed by atoms with E-state index in [-0.39, 0.29) is 12.0 Å². The van der Waals surface area contributed by atoms with Crippen molar-refractivity contribution >= 4 is 0 Å². The van der Waals surface area contributed by atoms with E-state index in [0.29, 0.717) is 6.10 Å². The fourth-order valence-electron chi connectivity index (χ4n) is 1.42. The molecule has 0 aromatic heterocycles. The van der Waals surface area contributed by atoms with Crippen LogP contribution in [0, 0.1) is 5.41 Å². The molecule has 0 saturated carbocycles. The normalized spacial score (nSPS) is 12.5. The van der Waals surface area contributed by atoms with Crippen molar-refractivity contribution in [2.24, 2.45) is 5.41 Å². The van der Waals surface area contributed by atoms with Crippen molar-refractivity contribution < 1.29 is 9.84 Å². The number of aliphatic hydroxyl groups is 1. The molecule has 0 aromatic carbocycles. The van der Waals surface area contributed by atoms with Gasteiger partial charge in [0.25, 0.3) is 0 Å². The van der Waals surface area contributed by atoms with E-state index in [9.17, 15) is 5.11 Å². The molecule has 0 unspecified atom stereocenters. The van der Waals surface area contributed by atoms with Crippen LogP contribution in [0.4, 0.5) is 0 Å². The first-order valence-corrected chi connectivity index (χ1v) is 5.32. The smallest absolute Gasteiger partial charge is 0.0518 e. The Kier molecular flexibility index (Phi) is 6.35. The second kappa shape index (κ2) is 6.39. The van der Waals surface area contributed by atoms with E-state index >= 15 is 0 Å². The van der Waals surface area contributed by atoms with Gasteiger partial charge in [-0.3, -0.25) is 0 Å². The van der Waals surface area contributed by atoms with E-state index in [4.69, 9.17) is 4.74 Å². The van der Waals surface area contributed by atoms with Crippen molar-refractivity contribution in [2.75, 3.05) is 13.2 Å². The third-order valence-corrected chi connectivity index (χ3v) is 2.92. The van der Waals surface area contributed by atoms with Crippen LogP contribution in [0.1, 0.15) is 47.0 Å². The lowest BCUT2D eigenvalue weighted by molar-refractivity contribution is 0.0260. The molecule has 0 heterocycles. The third kappa shape index (κ3) is 4.63. The van der Waals surface area contributed by atoms with E-state index in [0.717, 1.165) is 25.9 Å². The summed E-state index contributed by atoms with van der Waals surface area (Å²) in [4.78, 5) is 0. The summed E-state index contributed by atoms with van der Waals surface area (Å²) in [6.45, 7) is 9.39. The molecule has 0 rings (SSSR count). The zero-order valence-electron chi connectivity index (χ0n) is 9.47. The Morgan fingerprint density at radius 3 is 2.08 bits per heavy atom. The molecule has 0 spiro atoms. The Morgan fingerprint density at radius 1 is 1.23 bits per heavy atom. The minimum atomic E-state index is 0.0922. The summed E-state index contributed by atoms with van der Waals surface area (Å²) in [7, 11) is 0. The van der Waals surface area contributed by atoms with Crippen molar-refractivity contribution in [3.63, 3.8) is 0 Å². The fraction of sp³-hybridized carbons (Fsp3) is 1.00. The molecule has 80 valence electrons. The van der Waals surface area contributed by atoms with Crippen molar-refractivity contribution in [1.29, 1.82) is 0 Å². The molecular weight excluding hydrogens is 164 g/mol. The quantitative estimate of drug-likeness (QED) is 0.665. The largest absolute Gasteiger partial charge is 0.396 e. The molecule has 2 heteroatoms. The number of ether oxygens (including phenoxy) is 1. The van der Waals surface area contributed by atoms with E-state index < -0.39 is 0 Å². The molecule has 0 atom stereocenters. The third-order valence-electron chi connectivity index (χ3n) is 2.92. The highest BCUT2D eigenvalue weighted by atomic mass is 16.5. The van der Waals surface area contributed by atoms with Gasteiger partial charge in [0.1, 0.15) is 0 Å². The minimum Gasteiger partial charge on any atom is -0.396 e. The van der Waals surface area contributed by atoms with E-state index in [1.54, 1.807) is 0 Å². The number of rotatable bonds is 7. The summed E-state index contributed by atoms with van der Waals surface area (Å²) in [5, 5.41) is 9.29. The molecule has 0 aromatic rings. The highest BCUT2D eigenvalue weighted by molar-refractivity contribution is 4.75. The van der Waals surface area contributed by atoms with Gasteiger partial charge in [-0.2, -0.15) is 0 Å². The first-order valence-electron chi connectivity index (χ1n) is 5.32. The molecule has 0 amide bonds. The lowest BCUT2D eigenvalue weighted by atomic mass is 9.80. The Bertz CT molecular complexity index is 109. The van der Waals surface area contributed by atoms with Crippen LogP contribution < -0.4 is 0 Å². The first-order chi connectivity index (χ1) is 6.10. The maximum Gasteiger partial charge on any atom is 0.0518 e. The fourth-order valence-corrected chi connectivity index (χ4v) is 1.42. The lowest BCUT2D eigenvalue weighted by Gasteiger charge is -2.29. The Hall–Kier alpha value is -0.0800. The monoisotopic (exact) mass is 188 g/mol. The molecule has 0 bridgehead atoms. The van der Waals surface area contributed by atoms with Crippen molar-refractivity contribution in [3.8, 4) is 0 Å². The second-order valence-corrected chi connectivity index (χ2v) is 4.03. The van der Waals surface area contributed by atoms with Crippen molar-refractivity contribution in [1.82, 2.24) is 0 Å². The molecule has 13 heavy (non-hydrogen) atoms. The van der Waals surface area contributed by atoms with Crippen molar-refractivity contribution in [3.05, 3.63) is 0 Å². The maximum absolute atomic E-state index is 9.29. The molecular formula is C11H24O2. The summed E-state index contributed by atoms with van der Waals surface area (Å²) in [5.74, 6) is 0. The van der Waals surface area contributed by atoms with Gasteiger partial charge in [-0.05, 0) is 38.5 Å². The lowest BCUT2D eigenvalue weighted by Crippen LogP contribution is -2.26. The zero-order valence-corrected chi connectivity index (χ0v) is 9.47. The predicted molar refractivity (Wildman–Crippen MR) is 55.8 cm³/mol. The van der Waals surface area contributed by atoms with Gasteiger partial charge >= 0.3 is 0 Å². The molecule has 0 saturated heterocycles. The molecule has 0 fully saturated rings. The van der Waals surface area contributed by atoms with Crippen LogP contribution in [0.15, 0.2) is 0 Å². The van der Waals surface area contributed by atoms with Gasteiger partial charge in [-0.1, -0.05) is 13.8 Å². The van der Waals surface area contributed by atoms with Gasteiger partial charge < -0.3 is 9.84 Å². The number of hydrogen-bond acceptors (Lipinski definition) is 2. The van der Waals surface area contributed by atoms with Crippen LogP contribution in [0.2, 0.25) is 0 Å². The summed E-state index contributed by atoms with van der Waals surface area (Å²) in [6.07, 6.45) is 3.32. The second-order valence-electron chi connectivity index (χ2n) is 4.03. The van der Waals surface area contributed by atoms with Crippen LogP contribution in [-0.4, -0.2) is 24.4 Å². The highest BCUT2D eigenvalue weighted by Crippen LogP contribution is 2.29. The highest BCUT2D eigenvalue weighted by Gasteiger charge is 2.24. The summed E-state index contributed by atoms with van der Waals surface area (Å²) < 4.78 is 5.49. The van der Waals surface area contributed by atoms with Gasteiger partial charge in [-0.25, -0.2) is 0 Å². The van der Waals surface area contributed by atoms with Gasteiger partial charge in [0.05, 0.1) is 6.10 Å². The zero-order chi connectivity index (χ0) is 10.3. The average Bonchev–Trinajstić information content (AvgIpc) is 2.13. The van der Waals surface area contributed by atoms with Crippen molar-refractivity contribution in [2.45, 2.75) is 53.1 Å². The van der Waals surface area contributed by atoms with Gasteiger partial charge in [0.15, 0.2) is 0 Å². The topological polar surface area (TPSA) is 29.5 Å². The minimum absolute atomic E-state index is 0.0922. The number of hydrogen-bond donors (Lipinski definition) is 1. The molecule has 0 aliphatic carbocycles. The molecule has 0 aliphatic heterocycles. The summed E-state index contributed by atoms with van der Waals surface area (Å²) in [5.41, 5.74) is 0.0922. The Morgan fingerprint density at radius 2 is 1.77 bits per heavy atom. The molecule has 1 N–H and O–H groups in total. The van der Waals surface area contributed by atoms with Gasteiger partial charge in [0.2, 0.25) is 0 Å². The van der Waals surface area contributed by atoms with Crippen LogP contribution >= 0.6 is 0 Å². The first kappa shape index (κ1) is 12.9. The number of aliphatic hydroxyl groups excluding tert-OH is 1. The average molecular weight is 188 g/mol. The Balaban J connectivity index is 3.81. The van der Waals surface area contributed by atoms with Crippen LogP contribution in [0.25, 0.3) is 0 Å². The van der Waals surface area contributed by atoms with Crippen LogP contribution in [0.3, 0.4) is 0 Å². The van der Waals surface area contributed by atoms with E-state index in [1.807, 2.05) is 13.8 Å². The summed E-state index contributed by atoms with van der Waals surface area (Å²) in [6, 6.07) is 0. The standard InChI is InChI=1S/C11H24O2/c1-5-11(6-2,9-12)7-8-13-10(3)4/h10,12H,5-9H2,1-4H3. The molecule has 2 nitrogen and oxygen atoms in total. The van der Waals surface area contributed by atoms with E-state index in [2.05, 4.69) is 13.8 Å². The van der Waals surface area contributed by atoms with Crippen LogP contribution in [0.5, 0.6) is 0 Å². The summed E-state index contributed by atoms with van der Waals surface area (Å²) >= 11 is 0. The van der Waals surface area contributed by atoms with Gasteiger partial charge in [-0.15, -0.1) is 0 Å². The Labute approximate surface area is 82.3 Å². The predicted octanol–water partition coefficient (Wildman–Crippen LogP) is 2.60. The maximum atomic E-state index is 9.29. The molecule has 0 aliphatic rings. The van der Waals surface area contributed by atoms with Gasteiger partial charge in [0, 0.05) is 13.2 Å². The molecule has 0 radical (unpaired) electrons. The van der Waals surface area contributed by atoms with E-state index in [1.165, 1.54) is 0 Å². The van der Waals surface area contributed by atoms with Crippen LogP contribution in [-0.2, 0) is 4.74 Å².